The molecular weight excluding hydrogens is 316 g/mol. The Morgan fingerprint density at radius 2 is 1.92 bits per heavy atom. The molecule has 0 aromatic heterocycles. The number of nitrogens with one attached hydrogen (secondary N) is 1. The van der Waals surface area contributed by atoms with Crippen molar-refractivity contribution in [2.45, 2.75) is 51.0 Å². The van der Waals surface area contributed by atoms with Gasteiger partial charge in [-0.15, -0.1) is 0 Å². The van der Waals surface area contributed by atoms with Gasteiger partial charge in [-0.05, 0) is 43.7 Å². The van der Waals surface area contributed by atoms with E-state index < -0.39 is 0 Å². The average molecular weight is 346 g/mol. The lowest BCUT2D eigenvalue weighted by molar-refractivity contribution is 0.197. The molecule has 1 saturated heterocycles. The number of carbonyl (C=O) groups is 1. The first-order chi connectivity index (χ1) is 12.3. The van der Waals surface area contributed by atoms with Gasteiger partial charge in [0, 0.05) is 19.1 Å². The summed E-state index contributed by atoms with van der Waals surface area (Å²) in [7, 11) is 1.65. The summed E-state index contributed by atoms with van der Waals surface area (Å²) in [6.07, 6.45) is 8.09. The molecule has 25 heavy (non-hydrogen) atoms. The van der Waals surface area contributed by atoms with Crippen molar-refractivity contribution in [1.29, 1.82) is 0 Å². The van der Waals surface area contributed by atoms with Crippen molar-refractivity contribution in [3.05, 3.63) is 24.3 Å². The summed E-state index contributed by atoms with van der Waals surface area (Å²) in [5, 5.41) is 3.22. The number of methoxy groups -OCH3 is 1. The van der Waals surface area contributed by atoms with Crippen LogP contribution in [-0.4, -0.2) is 43.8 Å². The van der Waals surface area contributed by atoms with Crippen LogP contribution in [0.15, 0.2) is 24.3 Å². The molecule has 1 aliphatic carbocycles. The van der Waals surface area contributed by atoms with Gasteiger partial charge >= 0.3 is 6.03 Å². The van der Waals surface area contributed by atoms with Crippen LogP contribution in [0.4, 0.5) is 4.79 Å². The third-order valence-corrected chi connectivity index (χ3v) is 5.36. The molecule has 1 N–H and O–H groups in total. The van der Waals surface area contributed by atoms with E-state index in [1.807, 2.05) is 29.2 Å². The number of benzene rings is 1. The zero-order valence-corrected chi connectivity index (χ0v) is 15.2. The number of para-hydroxylation sites is 2. The fourth-order valence-electron chi connectivity index (χ4n) is 3.84. The molecule has 1 aromatic carbocycles. The molecular formula is C20H30N2O3. The van der Waals surface area contributed by atoms with E-state index in [-0.39, 0.29) is 6.03 Å². The number of hydrogen-bond acceptors (Lipinski definition) is 3. The van der Waals surface area contributed by atoms with Crippen LogP contribution in [0.1, 0.15) is 44.9 Å². The van der Waals surface area contributed by atoms with Crippen LogP contribution >= 0.6 is 0 Å². The van der Waals surface area contributed by atoms with Crippen LogP contribution in [0.5, 0.6) is 11.5 Å². The van der Waals surface area contributed by atoms with Gasteiger partial charge in [-0.2, -0.15) is 0 Å². The van der Waals surface area contributed by atoms with Crippen LogP contribution < -0.4 is 14.8 Å². The Kier molecular flexibility index (Phi) is 6.42. The minimum Gasteiger partial charge on any atom is -0.493 e. The molecule has 1 unspecified atom stereocenters. The number of ether oxygens (including phenoxy) is 2. The first-order valence-electron chi connectivity index (χ1n) is 9.57. The summed E-state index contributed by atoms with van der Waals surface area (Å²) >= 11 is 0. The lowest BCUT2D eigenvalue weighted by Crippen LogP contribution is -2.44. The molecule has 1 saturated carbocycles. The number of nitrogens with zero attached hydrogens (tertiary/aromatic N) is 1. The molecule has 5 nitrogen and oxygen atoms in total. The van der Waals surface area contributed by atoms with Gasteiger partial charge in [0.2, 0.25) is 0 Å². The highest BCUT2D eigenvalue weighted by Crippen LogP contribution is 2.27. The summed E-state index contributed by atoms with van der Waals surface area (Å²) in [4.78, 5) is 14.4. The first kappa shape index (κ1) is 17.9. The van der Waals surface area contributed by atoms with Crippen molar-refractivity contribution in [2.24, 2.45) is 5.92 Å². The Hall–Kier alpha value is -1.91. The van der Waals surface area contributed by atoms with Gasteiger partial charge in [0.05, 0.1) is 13.7 Å². The number of urea groups is 1. The molecule has 138 valence electrons. The molecule has 3 rings (SSSR count). The maximum atomic E-state index is 12.4. The standard InChI is InChI=1S/C20H30N2O3/c1-24-18-9-5-6-10-19(18)25-14-12-16-11-13-22(15-16)20(23)21-17-7-3-2-4-8-17/h5-6,9-10,16-17H,2-4,7-8,11-15H2,1H3,(H,21,23). The molecule has 0 spiro atoms. The lowest BCUT2D eigenvalue weighted by atomic mass is 9.96. The molecule has 0 bridgehead atoms. The lowest BCUT2D eigenvalue weighted by Gasteiger charge is -2.26. The second-order valence-electron chi connectivity index (χ2n) is 7.17. The molecule has 0 radical (unpaired) electrons. The molecule has 5 heteroatoms. The van der Waals surface area contributed by atoms with Gasteiger partial charge in [-0.3, -0.25) is 0 Å². The van der Waals surface area contributed by atoms with Gasteiger partial charge in [0.25, 0.3) is 0 Å². The van der Waals surface area contributed by atoms with Crippen molar-refractivity contribution in [1.82, 2.24) is 10.2 Å². The number of hydrogen-bond donors (Lipinski definition) is 1. The van der Waals surface area contributed by atoms with E-state index in [4.69, 9.17) is 9.47 Å². The Bertz CT molecular complexity index is 558. The van der Waals surface area contributed by atoms with Gasteiger partial charge in [0.1, 0.15) is 0 Å². The molecule has 1 aromatic rings. The van der Waals surface area contributed by atoms with Gasteiger partial charge in [-0.25, -0.2) is 4.79 Å². The first-order valence-corrected chi connectivity index (χ1v) is 9.57. The van der Waals surface area contributed by atoms with Crippen molar-refractivity contribution in [3.63, 3.8) is 0 Å². The number of carbonyl (C=O) groups excluding carboxylic acids is 1. The summed E-state index contributed by atoms with van der Waals surface area (Å²) < 4.78 is 11.2. The Morgan fingerprint density at radius 3 is 2.68 bits per heavy atom. The topological polar surface area (TPSA) is 50.8 Å². The quantitative estimate of drug-likeness (QED) is 0.852. The van der Waals surface area contributed by atoms with E-state index >= 15 is 0 Å². The SMILES string of the molecule is COc1ccccc1OCCC1CCN(C(=O)NC2CCCCC2)C1. The van der Waals surface area contributed by atoms with E-state index in [1.165, 1.54) is 19.3 Å². The van der Waals surface area contributed by atoms with Gasteiger partial charge < -0.3 is 19.7 Å². The van der Waals surface area contributed by atoms with Crippen LogP contribution in [0.2, 0.25) is 0 Å². The maximum Gasteiger partial charge on any atom is 0.317 e. The largest absolute Gasteiger partial charge is 0.493 e. The third kappa shape index (κ3) is 5.03. The summed E-state index contributed by atoms with van der Waals surface area (Å²) in [5.74, 6) is 2.07. The predicted octanol–water partition coefficient (Wildman–Crippen LogP) is 3.83. The monoisotopic (exact) mass is 346 g/mol. The summed E-state index contributed by atoms with van der Waals surface area (Å²) in [5.41, 5.74) is 0. The van der Waals surface area contributed by atoms with Crippen LogP contribution in [-0.2, 0) is 0 Å². The van der Waals surface area contributed by atoms with E-state index in [0.717, 1.165) is 50.3 Å². The molecule has 2 aliphatic rings. The minimum absolute atomic E-state index is 0.125. The summed E-state index contributed by atoms with van der Waals surface area (Å²) in [6.45, 7) is 2.36. The van der Waals surface area contributed by atoms with E-state index in [0.29, 0.717) is 18.6 Å². The van der Waals surface area contributed by atoms with Crippen LogP contribution in [0.25, 0.3) is 0 Å². The van der Waals surface area contributed by atoms with E-state index in [1.54, 1.807) is 7.11 Å². The second-order valence-corrected chi connectivity index (χ2v) is 7.17. The fraction of sp³-hybridized carbons (Fsp3) is 0.650. The molecule has 1 heterocycles. The molecule has 2 fully saturated rings. The Labute approximate surface area is 150 Å². The fourth-order valence-corrected chi connectivity index (χ4v) is 3.84. The average Bonchev–Trinajstić information content (AvgIpc) is 3.12. The highest BCUT2D eigenvalue weighted by molar-refractivity contribution is 5.74. The second kappa shape index (κ2) is 8.97. The van der Waals surface area contributed by atoms with Crippen LogP contribution in [0.3, 0.4) is 0 Å². The van der Waals surface area contributed by atoms with Gasteiger partial charge in [-0.1, -0.05) is 31.4 Å². The molecule has 1 atom stereocenters. The molecule has 2 amide bonds. The van der Waals surface area contributed by atoms with E-state index in [9.17, 15) is 4.79 Å². The Balaban J connectivity index is 1.38. The van der Waals surface area contributed by atoms with Crippen molar-refractivity contribution >= 4 is 6.03 Å². The van der Waals surface area contributed by atoms with Crippen molar-refractivity contribution in [2.75, 3.05) is 26.8 Å². The van der Waals surface area contributed by atoms with Crippen molar-refractivity contribution < 1.29 is 14.3 Å². The summed E-state index contributed by atoms with van der Waals surface area (Å²) in [6, 6.07) is 8.23. The van der Waals surface area contributed by atoms with Crippen molar-refractivity contribution in [3.8, 4) is 11.5 Å². The normalized spacial score (nSPS) is 21.2. The zero-order chi connectivity index (χ0) is 17.5. The minimum atomic E-state index is 0.125. The highest BCUT2D eigenvalue weighted by Gasteiger charge is 2.27. The third-order valence-electron chi connectivity index (χ3n) is 5.36. The number of amides is 2. The zero-order valence-electron chi connectivity index (χ0n) is 15.2. The van der Waals surface area contributed by atoms with E-state index in [2.05, 4.69) is 5.32 Å². The predicted molar refractivity (Wildman–Crippen MR) is 98.2 cm³/mol. The van der Waals surface area contributed by atoms with Crippen LogP contribution in [0, 0.1) is 5.92 Å². The highest BCUT2D eigenvalue weighted by atomic mass is 16.5. The number of likely N-dealkylation sites (tertiary alicyclic amines) is 1. The Morgan fingerprint density at radius 1 is 1.16 bits per heavy atom. The smallest absolute Gasteiger partial charge is 0.317 e. The molecule has 1 aliphatic heterocycles. The number of rotatable bonds is 6. The van der Waals surface area contributed by atoms with Gasteiger partial charge in [0.15, 0.2) is 11.5 Å². The maximum absolute atomic E-state index is 12.4.